The molecule has 0 aliphatic carbocycles. The molecular weight excluding hydrogens is 350 g/mol. The van der Waals surface area contributed by atoms with Crippen molar-refractivity contribution in [1.29, 1.82) is 0 Å². The maximum absolute atomic E-state index is 14.0. The van der Waals surface area contributed by atoms with Gasteiger partial charge in [0.2, 0.25) is 0 Å². The Balaban J connectivity index is 0.00000182. The summed E-state index contributed by atoms with van der Waals surface area (Å²) in [5.41, 5.74) is 8.46. The molecule has 0 saturated carbocycles. The molecule has 4 N–H and O–H groups in total. The van der Waals surface area contributed by atoms with Crippen molar-refractivity contribution in [1.82, 2.24) is 19.9 Å². The van der Waals surface area contributed by atoms with Crippen LogP contribution in [-0.2, 0) is 0 Å². The molecule has 2 heterocycles. The number of hydrazine groups is 1. The second-order valence-corrected chi connectivity index (χ2v) is 5.60. The van der Waals surface area contributed by atoms with Crippen molar-refractivity contribution in [2.75, 3.05) is 10.9 Å². The van der Waals surface area contributed by atoms with E-state index in [1.54, 1.807) is 26.0 Å². The Bertz CT molecular complexity index is 986. The number of fused-ring (bicyclic) bond motifs is 2. The smallest absolute Gasteiger partial charge is 0.153 e. The maximum atomic E-state index is 14.0. The standard InChI is InChI=1S/C16H14F2N6.ClH/c1-7-19-13-5-9(3-11(17)15(13)21-7)23-24-10-4-12(18)16-14(6-10)20-8(2)22-16;/h3-6,23-24H,1-2H3,(H,19,21)(H,20,22);1H. The number of imidazole rings is 2. The highest BCUT2D eigenvalue weighted by Gasteiger charge is 2.10. The minimum atomic E-state index is -0.438. The van der Waals surface area contributed by atoms with Gasteiger partial charge in [0, 0.05) is 12.1 Å². The minimum Gasteiger partial charge on any atom is -0.342 e. The van der Waals surface area contributed by atoms with Gasteiger partial charge in [0.1, 0.15) is 22.7 Å². The van der Waals surface area contributed by atoms with E-state index in [1.807, 2.05) is 0 Å². The molecule has 0 amide bonds. The van der Waals surface area contributed by atoms with E-state index in [9.17, 15) is 8.78 Å². The summed E-state index contributed by atoms with van der Waals surface area (Å²) in [6.45, 7) is 3.52. The summed E-state index contributed by atoms with van der Waals surface area (Å²) in [5.74, 6) is 0.395. The molecule has 6 nitrogen and oxygen atoms in total. The van der Waals surface area contributed by atoms with Crippen LogP contribution in [0.5, 0.6) is 0 Å². The lowest BCUT2D eigenvalue weighted by atomic mass is 10.2. The van der Waals surface area contributed by atoms with Crippen LogP contribution in [0.1, 0.15) is 11.6 Å². The molecule has 25 heavy (non-hydrogen) atoms. The van der Waals surface area contributed by atoms with Crippen LogP contribution in [-0.4, -0.2) is 19.9 Å². The largest absolute Gasteiger partial charge is 0.342 e. The summed E-state index contributed by atoms with van der Waals surface area (Å²) >= 11 is 0. The summed E-state index contributed by atoms with van der Waals surface area (Å²) in [5, 5.41) is 0. The van der Waals surface area contributed by atoms with E-state index in [-0.39, 0.29) is 12.4 Å². The predicted octanol–water partition coefficient (Wildman–Crippen LogP) is 4.20. The van der Waals surface area contributed by atoms with Gasteiger partial charge in [0.15, 0.2) is 11.6 Å². The van der Waals surface area contributed by atoms with Crippen molar-refractivity contribution >= 4 is 45.8 Å². The summed E-state index contributed by atoms with van der Waals surface area (Å²) in [6, 6.07) is 6.09. The van der Waals surface area contributed by atoms with E-state index in [4.69, 9.17) is 0 Å². The molecular formula is C16H15ClF2N6. The third-order valence-electron chi connectivity index (χ3n) is 3.67. The number of halogens is 3. The molecule has 0 bridgehead atoms. The van der Waals surface area contributed by atoms with Crippen molar-refractivity contribution in [3.8, 4) is 0 Å². The van der Waals surface area contributed by atoms with Crippen molar-refractivity contribution in [3.63, 3.8) is 0 Å². The van der Waals surface area contributed by atoms with Gasteiger partial charge in [-0.2, -0.15) is 0 Å². The number of H-pyrrole nitrogens is 2. The Labute approximate surface area is 147 Å². The van der Waals surface area contributed by atoms with E-state index in [0.29, 0.717) is 45.1 Å². The first-order chi connectivity index (χ1) is 11.5. The quantitative estimate of drug-likeness (QED) is 0.411. The van der Waals surface area contributed by atoms with Gasteiger partial charge in [-0.3, -0.25) is 0 Å². The average Bonchev–Trinajstić information content (AvgIpc) is 3.07. The van der Waals surface area contributed by atoms with E-state index >= 15 is 0 Å². The number of aromatic amines is 2. The molecule has 2 aromatic carbocycles. The number of aromatic nitrogens is 4. The number of aryl methyl sites for hydroxylation is 2. The van der Waals surface area contributed by atoms with Gasteiger partial charge in [-0.1, -0.05) is 0 Å². The van der Waals surface area contributed by atoms with Crippen LogP contribution >= 0.6 is 12.4 Å². The highest BCUT2D eigenvalue weighted by molar-refractivity contribution is 5.85. The first-order valence-electron chi connectivity index (χ1n) is 7.33. The molecule has 4 rings (SSSR count). The predicted molar refractivity (Wildman–Crippen MR) is 96.1 cm³/mol. The molecule has 0 saturated heterocycles. The summed E-state index contributed by atoms with van der Waals surface area (Å²) in [6.07, 6.45) is 0. The SMILES string of the molecule is Cc1nc2c(F)cc(NNc3cc(F)c4nc(C)[nH]c4c3)cc2[nH]1.Cl. The van der Waals surface area contributed by atoms with Gasteiger partial charge >= 0.3 is 0 Å². The number of nitrogens with zero attached hydrogens (tertiary/aromatic N) is 2. The monoisotopic (exact) mass is 364 g/mol. The van der Waals surface area contributed by atoms with Crippen LogP contribution in [0, 0.1) is 25.5 Å². The highest BCUT2D eigenvalue weighted by Crippen LogP contribution is 2.23. The summed E-state index contributed by atoms with van der Waals surface area (Å²) in [4.78, 5) is 14.1. The number of benzene rings is 2. The Morgan fingerprint density at radius 1 is 0.760 bits per heavy atom. The summed E-state index contributed by atoms with van der Waals surface area (Å²) in [7, 11) is 0. The van der Waals surface area contributed by atoms with Gasteiger partial charge < -0.3 is 20.8 Å². The second kappa shape index (κ2) is 6.21. The van der Waals surface area contributed by atoms with Gasteiger partial charge in [-0.25, -0.2) is 18.7 Å². The van der Waals surface area contributed by atoms with Gasteiger partial charge in [-0.05, 0) is 26.0 Å². The zero-order valence-corrected chi connectivity index (χ0v) is 14.2. The Morgan fingerprint density at radius 3 is 1.56 bits per heavy atom. The van der Waals surface area contributed by atoms with E-state index in [0.717, 1.165) is 0 Å². The topological polar surface area (TPSA) is 81.4 Å². The number of rotatable bonds is 3. The first kappa shape index (κ1) is 17.0. The maximum Gasteiger partial charge on any atom is 0.153 e. The fourth-order valence-electron chi connectivity index (χ4n) is 2.69. The molecule has 0 unspecified atom stereocenters. The van der Waals surface area contributed by atoms with E-state index in [1.165, 1.54) is 12.1 Å². The molecule has 0 spiro atoms. The third kappa shape index (κ3) is 3.08. The van der Waals surface area contributed by atoms with Crippen molar-refractivity contribution in [3.05, 3.63) is 47.5 Å². The lowest BCUT2D eigenvalue weighted by molar-refractivity contribution is 0.637. The van der Waals surface area contributed by atoms with Gasteiger partial charge in [0.25, 0.3) is 0 Å². The van der Waals surface area contributed by atoms with Crippen LogP contribution < -0.4 is 10.9 Å². The van der Waals surface area contributed by atoms with Crippen molar-refractivity contribution in [2.45, 2.75) is 13.8 Å². The first-order valence-corrected chi connectivity index (χ1v) is 7.33. The molecule has 4 aromatic rings. The van der Waals surface area contributed by atoms with E-state index < -0.39 is 11.6 Å². The molecule has 0 atom stereocenters. The molecule has 0 fully saturated rings. The fourth-order valence-corrected chi connectivity index (χ4v) is 2.69. The minimum absolute atomic E-state index is 0. The van der Waals surface area contributed by atoms with Crippen molar-refractivity contribution < 1.29 is 8.78 Å². The van der Waals surface area contributed by atoms with Gasteiger partial charge in [-0.15, -0.1) is 12.4 Å². The number of hydrogen-bond acceptors (Lipinski definition) is 4. The Kier molecular flexibility index (Phi) is 4.22. The second-order valence-electron chi connectivity index (χ2n) is 5.60. The molecule has 130 valence electrons. The fraction of sp³-hybridized carbons (Fsp3) is 0.125. The van der Waals surface area contributed by atoms with Crippen LogP contribution in [0.4, 0.5) is 20.2 Å². The van der Waals surface area contributed by atoms with Crippen LogP contribution in [0.25, 0.3) is 22.1 Å². The van der Waals surface area contributed by atoms with Crippen LogP contribution in [0.2, 0.25) is 0 Å². The molecule has 9 heteroatoms. The third-order valence-corrected chi connectivity index (χ3v) is 3.67. The van der Waals surface area contributed by atoms with Crippen LogP contribution in [0.15, 0.2) is 24.3 Å². The summed E-state index contributed by atoms with van der Waals surface area (Å²) < 4.78 is 28.1. The van der Waals surface area contributed by atoms with Gasteiger partial charge in [0.05, 0.1) is 22.4 Å². The molecule has 0 radical (unpaired) electrons. The lowest BCUT2D eigenvalue weighted by Gasteiger charge is -2.10. The normalized spacial score (nSPS) is 10.9. The number of anilines is 2. The zero-order valence-electron chi connectivity index (χ0n) is 13.4. The molecule has 2 aromatic heterocycles. The average molecular weight is 365 g/mol. The van der Waals surface area contributed by atoms with Crippen LogP contribution in [0.3, 0.4) is 0 Å². The molecule has 0 aliphatic heterocycles. The number of nitrogens with one attached hydrogen (secondary N) is 4. The Morgan fingerprint density at radius 2 is 1.16 bits per heavy atom. The van der Waals surface area contributed by atoms with E-state index in [2.05, 4.69) is 30.8 Å². The Hall–Kier alpha value is -2.87. The molecule has 0 aliphatic rings. The number of hydrogen-bond donors (Lipinski definition) is 4. The highest BCUT2D eigenvalue weighted by atomic mass is 35.5. The lowest BCUT2D eigenvalue weighted by Crippen LogP contribution is -2.09. The zero-order chi connectivity index (χ0) is 16.8. The van der Waals surface area contributed by atoms with Crippen molar-refractivity contribution in [2.24, 2.45) is 0 Å².